The van der Waals surface area contributed by atoms with Crippen LogP contribution in [0.3, 0.4) is 0 Å². The van der Waals surface area contributed by atoms with Crippen molar-refractivity contribution in [1.29, 1.82) is 0 Å². The van der Waals surface area contributed by atoms with E-state index in [-0.39, 0.29) is 5.82 Å². The third-order valence-electron chi connectivity index (χ3n) is 6.03. The summed E-state index contributed by atoms with van der Waals surface area (Å²) in [6.45, 7) is 3.25. The molecule has 1 saturated heterocycles. The van der Waals surface area contributed by atoms with Gasteiger partial charge in [-0.25, -0.2) is 9.37 Å². The third kappa shape index (κ3) is 4.83. The number of halogens is 3. The molecule has 1 atom stereocenters. The molecular formula is C25H24Cl2FN5. The molecule has 0 spiro atoms. The van der Waals surface area contributed by atoms with E-state index < -0.39 is 0 Å². The van der Waals surface area contributed by atoms with Gasteiger partial charge in [-0.2, -0.15) is 4.98 Å². The first-order valence-corrected chi connectivity index (χ1v) is 11.8. The van der Waals surface area contributed by atoms with Crippen molar-refractivity contribution >= 4 is 40.2 Å². The van der Waals surface area contributed by atoms with Gasteiger partial charge in [0, 0.05) is 30.2 Å². The first-order chi connectivity index (χ1) is 16.1. The van der Waals surface area contributed by atoms with Crippen LogP contribution in [0.5, 0.6) is 0 Å². The van der Waals surface area contributed by atoms with Crippen molar-refractivity contribution in [3.63, 3.8) is 0 Å². The fourth-order valence-electron chi connectivity index (χ4n) is 4.43. The highest BCUT2D eigenvalue weighted by molar-refractivity contribution is 6.39. The molecule has 1 aliphatic rings. The lowest BCUT2D eigenvalue weighted by Crippen LogP contribution is -2.32. The lowest BCUT2D eigenvalue weighted by molar-refractivity contribution is 0.341. The van der Waals surface area contributed by atoms with Crippen LogP contribution < -0.4 is 10.6 Å². The molecule has 33 heavy (non-hydrogen) atoms. The van der Waals surface area contributed by atoms with Crippen LogP contribution >= 0.6 is 23.2 Å². The summed E-state index contributed by atoms with van der Waals surface area (Å²) in [7, 11) is 0. The first-order valence-electron chi connectivity index (χ1n) is 11.1. The normalized spacial score (nSPS) is 16.3. The molecule has 0 radical (unpaired) electrons. The first kappa shape index (κ1) is 22.1. The van der Waals surface area contributed by atoms with Crippen LogP contribution in [0.15, 0.2) is 54.7 Å². The molecule has 170 valence electrons. The fourth-order valence-corrected chi connectivity index (χ4v) is 5.02. The van der Waals surface area contributed by atoms with Crippen molar-refractivity contribution in [3.05, 3.63) is 76.2 Å². The quantitative estimate of drug-likeness (QED) is 0.345. The minimum absolute atomic E-state index is 0.262. The number of fused-ring (bicyclic) bond motifs is 1. The largest absolute Gasteiger partial charge is 0.350 e. The molecule has 0 amide bonds. The SMILES string of the molecule is Fc1cccc(CNc2ncc3cc(-c4c(Cl)cccc4Cl)n(CC4CCCNC4)c3n2)c1. The average molecular weight is 484 g/mol. The van der Waals surface area contributed by atoms with Crippen molar-refractivity contribution in [2.45, 2.75) is 25.9 Å². The van der Waals surface area contributed by atoms with Crippen LogP contribution in [0.25, 0.3) is 22.3 Å². The number of aromatic nitrogens is 3. The van der Waals surface area contributed by atoms with E-state index in [1.807, 2.05) is 24.3 Å². The van der Waals surface area contributed by atoms with Crippen molar-refractivity contribution in [3.8, 4) is 11.3 Å². The highest BCUT2D eigenvalue weighted by atomic mass is 35.5. The Bertz CT molecular complexity index is 1260. The molecule has 5 rings (SSSR count). The summed E-state index contributed by atoms with van der Waals surface area (Å²) < 4.78 is 15.7. The van der Waals surface area contributed by atoms with Crippen LogP contribution in [-0.2, 0) is 13.1 Å². The van der Waals surface area contributed by atoms with Crippen LogP contribution in [0.2, 0.25) is 10.0 Å². The Hall–Kier alpha value is -2.67. The van der Waals surface area contributed by atoms with Gasteiger partial charge in [0.25, 0.3) is 0 Å². The van der Waals surface area contributed by atoms with E-state index in [4.69, 9.17) is 28.2 Å². The van der Waals surface area contributed by atoms with E-state index in [0.29, 0.717) is 28.5 Å². The molecule has 5 nitrogen and oxygen atoms in total. The maximum Gasteiger partial charge on any atom is 0.224 e. The maximum absolute atomic E-state index is 13.5. The van der Waals surface area contributed by atoms with Gasteiger partial charge in [0.15, 0.2) is 0 Å². The number of piperidine rings is 1. The van der Waals surface area contributed by atoms with E-state index in [0.717, 1.165) is 60.3 Å². The molecular weight excluding hydrogens is 460 g/mol. The second kappa shape index (κ2) is 9.67. The molecule has 1 fully saturated rings. The minimum atomic E-state index is -0.262. The van der Waals surface area contributed by atoms with E-state index in [2.05, 4.69) is 26.3 Å². The van der Waals surface area contributed by atoms with Crippen molar-refractivity contribution < 1.29 is 4.39 Å². The number of hydrogen-bond acceptors (Lipinski definition) is 4. The smallest absolute Gasteiger partial charge is 0.224 e. The van der Waals surface area contributed by atoms with Crippen LogP contribution in [0.4, 0.5) is 10.3 Å². The molecule has 2 aromatic heterocycles. The average Bonchev–Trinajstić information content (AvgIpc) is 3.15. The Kier molecular flexibility index (Phi) is 6.49. The Balaban J connectivity index is 1.54. The fraction of sp³-hybridized carbons (Fsp3) is 0.280. The van der Waals surface area contributed by atoms with Crippen LogP contribution in [-0.4, -0.2) is 27.6 Å². The number of anilines is 1. The van der Waals surface area contributed by atoms with Crippen molar-refractivity contribution in [1.82, 2.24) is 19.9 Å². The summed E-state index contributed by atoms with van der Waals surface area (Å²) in [5.74, 6) is 0.708. The lowest BCUT2D eigenvalue weighted by Gasteiger charge is -2.24. The Morgan fingerprint density at radius 3 is 2.70 bits per heavy atom. The van der Waals surface area contributed by atoms with Gasteiger partial charge in [-0.15, -0.1) is 0 Å². The van der Waals surface area contributed by atoms with Gasteiger partial charge in [-0.05, 0) is 67.7 Å². The van der Waals surface area contributed by atoms with E-state index >= 15 is 0 Å². The van der Waals surface area contributed by atoms with Gasteiger partial charge in [-0.3, -0.25) is 0 Å². The molecule has 0 bridgehead atoms. The molecule has 2 aromatic carbocycles. The number of nitrogens with zero attached hydrogens (tertiary/aromatic N) is 3. The predicted molar refractivity (Wildman–Crippen MR) is 132 cm³/mol. The number of rotatable bonds is 6. The lowest BCUT2D eigenvalue weighted by atomic mass is 9.99. The topological polar surface area (TPSA) is 54.8 Å². The standard InChI is InChI=1S/C25H24Cl2FN5/c26-20-7-2-8-21(27)23(20)22-11-18-14-31-25(30-13-16-4-1-6-19(28)10-16)32-24(18)33(22)15-17-5-3-9-29-12-17/h1-2,4,6-8,10-11,14,17,29H,3,5,9,12-13,15H2,(H,30,31,32). The minimum Gasteiger partial charge on any atom is -0.350 e. The summed E-state index contributed by atoms with van der Waals surface area (Å²) in [4.78, 5) is 9.30. The number of nitrogens with one attached hydrogen (secondary N) is 2. The second-order valence-electron chi connectivity index (χ2n) is 8.41. The van der Waals surface area contributed by atoms with Crippen LogP contribution in [0, 0.1) is 11.7 Å². The summed E-state index contributed by atoms with van der Waals surface area (Å²) in [5.41, 5.74) is 3.38. The molecule has 2 N–H and O–H groups in total. The van der Waals surface area contributed by atoms with Gasteiger partial charge < -0.3 is 15.2 Å². The summed E-state index contributed by atoms with van der Waals surface area (Å²) >= 11 is 13.2. The van der Waals surface area contributed by atoms with Gasteiger partial charge in [0.2, 0.25) is 5.95 Å². The molecule has 1 aliphatic heterocycles. The van der Waals surface area contributed by atoms with Gasteiger partial charge in [0.1, 0.15) is 11.5 Å². The monoisotopic (exact) mass is 483 g/mol. The van der Waals surface area contributed by atoms with Gasteiger partial charge in [0.05, 0.1) is 15.7 Å². The van der Waals surface area contributed by atoms with Crippen molar-refractivity contribution in [2.24, 2.45) is 5.92 Å². The molecule has 1 unspecified atom stereocenters. The van der Waals surface area contributed by atoms with E-state index in [1.165, 1.54) is 12.1 Å². The molecule has 8 heteroatoms. The summed E-state index contributed by atoms with van der Waals surface area (Å²) in [5, 5.41) is 8.83. The zero-order chi connectivity index (χ0) is 22.8. The van der Waals surface area contributed by atoms with Crippen molar-refractivity contribution in [2.75, 3.05) is 18.4 Å². The molecule has 4 aromatic rings. The Morgan fingerprint density at radius 2 is 1.94 bits per heavy atom. The Morgan fingerprint density at radius 1 is 1.12 bits per heavy atom. The van der Waals surface area contributed by atoms with Gasteiger partial charge >= 0.3 is 0 Å². The number of benzene rings is 2. The number of hydrogen-bond donors (Lipinski definition) is 2. The van der Waals surface area contributed by atoms with Gasteiger partial charge in [-0.1, -0.05) is 41.4 Å². The second-order valence-corrected chi connectivity index (χ2v) is 9.22. The van der Waals surface area contributed by atoms with E-state index in [1.54, 1.807) is 12.3 Å². The summed E-state index contributed by atoms with van der Waals surface area (Å²) in [6.07, 6.45) is 4.11. The van der Waals surface area contributed by atoms with E-state index in [9.17, 15) is 4.39 Å². The highest BCUT2D eigenvalue weighted by Crippen LogP contribution is 2.38. The molecule has 0 aliphatic carbocycles. The highest BCUT2D eigenvalue weighted by Gasteiger charge is 2.21. The molecule has 3 heterocycles. The summed E-state index contributed by atoms with van der Waals surface area (Å²) in [6, 6.07) is 14.1. The zero-order valence-corrected chi connectivity index (χ0v) is 19.5. The third-order valence-corrected chi connectivity index (χ3v) is 6.66. The molecule has 0 saturated carbocycles. The maximum atomic E-state index is 13.5. The zero-order valence-electron chi connectivity index (χ0n) is 18.0. The Labute approximate surface area is 202 Å². The predicted octanol–water partition coefficient (Wildman–Crippen LogP) is 6.16. The van der Waals surface area contributed by atoms with Crippen LogP contribution in [0.1, 0.15) is 18.4 Å².